The van der Waals surface area contributed by atoms with Gasteiger partial charge in [-0.15, -0.1) is 11.3 Å². The SMILES string of the molecule is Cc1[nH]c(C(=O)N(Cc2ccco2)Cc2cccs2)c(C)c1[C@H](C)O. The summed E-state index contributed by atoms with van der Waals surface area (Å²) in [5, 5.41) is 12.0. The van der Waals surface area contributed by atoms with Gasteiger partial charge in [-0.3, -0.25) is 4.79 Å². The van der Waals surface area contributed by atoms with Crippen LogP contribution in [-0.2, 0) is 13.1 Å². The summed E-state index contributed by atoms with van der Waals surface area (Å²) in [6.07, 6.45) is 0.993. The molecule has 5 nitrogen and oxygen atoms in total. The van der Waals surface area contributed by atoms with E-state index in [0.29, 0.717) is 18.8 Å². The first-order valence-corrected chi connectivity index (χ1v) is 9.06. The van der Waals surface area contributed by atoms with E-state index in [0.717, 1.165) is 27.5 Å². The Kier molecular flexibility index (Phi) is 5.11. The van der Waals surface area contributed by atoms with Crippen LogP contribution in [0.1, 0.15) is 51.0 Å². The monoisotopic (exact) mass is 358 g/mol. The summed E-state index contributed by atoms with van der Waals surface area (Å²) in [6.45, 7) is 6.37. The number of rotatable bonds is 6. The highest BCUT2D eigenvalue weighted by atomic mass is 32.1. The number of amides is 1. The lowest BCUT2D eigenvalue weighted by molar-refractivity contribution is 0.0713. The topological polar surface area (TPSA) is 69.5 Å². The van der Waals surface area contributed by atoms with Crippen molar-refractivity contribution in [3.63, 3.8) is 0 Å². The van der Waals surface area contributed by atoms with Crippen LogP contribution in [0.3, 0.4) is 0 Å². The predicted octanol–water partition coefficient (Wildman–Crippen LogP) is 4.18. The van der Waals surface area contributed by atoms with Crippen LogP contribution in [0, 0.1) is 13.8 Å². The number of aryl methyl sites for hydroxylation is 1. The molecule has 3 rings (SSSR count). The Morgan fingerprint density at radius 3 is 2.68 bits per heavy atom. The number of nitrogens with one attached hydrogen (secondary N) is 1. The Labute approximate surface area is 150 Å². The molecule has 3 aromatic heterocycles. The molecule has 0 aliphatic rings. The fraction of sp³-hybridized carbons (Fsp3) is 0.316. The molecule has 25 heavy (non-hydrogen) atoms. The Hall–Kier alpha value is -2.31. The molecule has 6 heteroatoms. The highest BCUT2D eigenvalue weighted by Gasteiger charge is 2.25. The Morgan fingerprint density at radius 2 is 2.12 bits per heavy atom. The third-order valence-electron chi connectivity index (χ3n) is 4.27. The van der Waals surface area contributed by atoms with E-state index >= 15 is 0 Å². The highest BCUT2D eigenvalue weighted by molar-refractivity contribution is 7.09. The van der Waals surface area contributed by atoms with Crippen molar-refractivity contribution in [2.75, 3.05) is 0 Å². The average Bonchev–Trinajstić information content (AvgIpc) is 3.28. The lowest BCUT2D eigenvalue weighted by atomic mass is 10.1. The fourth-order valence-electron chi connectivity index (χ4n) is 3.14. The summed E-state index contributed by atoms with van der Waals surface area (Å²) < 4.78 is 5.43. The zero-order valence-corrected chi connectivity index (χ0v) is 15.4. The Balaban J connectivity index is 1.92. The molecule has 2 N–H and O–H groups in total. The minimum atomic E-state index is -0.617. The third-order valence-corrected chi connectivity index (χ3v) is 5.13. The van der Waals surface area contributed by atoms with E-state index in [2.05, 4.69) is 4.98 Å². The molecule has 0 aliphatic heterocycles. The van der Waals surface area contributed by atoms with Crippen LogP contribution in [0.5, 0.6) is 0 Å². The fourth-order valence-corrected chi connectivity index (χ4v) is 3.86. The summed E-state index contributed by atoms with van der Waals surface area (Å²) in [4.78, 5) is 19.2. The van der Waals surface area contributed by atoms with Gasteiger partial charge in [0.15, 0.2) is 0 Å². The van der Waals surface area contributed by atoms with E-state index in [9.17, 15) is 9.90 Å². The van der Waals surface area contributed by atoms with Crippen LogP contribution in [0.4, 0.5) is 0 Å². The minimum Gasteiger partial charge on any atom is -0.467 e. The van der Waals surface area contributed by atoms with E-state index < -0.39 is 6.10 Å². The number of furan rings is 1. The van der Waals surface area contributed by atoms with Gasteiger partial charge in [0, 0.05) is 16.1 Å². The van der Waals surface area contributed by atoms with Gasteiger partial charge in [-0.2, -0.15) is 0 Å². The summed E-state index contributed by atoms with van der Waals surface area (Å²) >= 11 is 1.62. The van der Waals surface area contributed by atoms with Gasteiger partial charge >= 0.3 is 0 Å². The van der Waals surface area contributed by atoms with Crippen molar-refractivity contribution in [3.05, 3.63) is 69.1 Å². The van der Waals surface area contributed by atoms with E-state index in [4.69, 9.17) is 4.42 Å². The van der Waals surface area contributed by atoms with Crippen LogP contribution in [-0.4, -0.2) is 20.9 Å². The maximum absolute atomic E-state index is 13.2. The van der Waals surface area contributed by atoms with Gasteiger partial charge in [-0.05, 0) is 49.9 Å². The van der Waals surface area contributed by atoms with Crippen LogP contribution in [0.25, 0.3) is 0 Å². The molecule has 0 aliphatic carbocycles. The third kappa shape index (κ3) is 3.70. The molecule has 0 aromatic carbocycles. The van der Waals surface area contributed by atoms with E-state index in [1.807, 2.05) is 43.5 Å². The lowest BCUT2D eigenvalue weighted by Gasteiger charge is -2.21. The largest absolute Gasteiger partial charge is 0.467 e. The number of hydrogen-bond acceptors (Lipinski definition) is 4. The molecule has 0 unspecified atom stereocenters. The predicted molar refractivity (Wildman–Crippen MR) is 97.5 cm³/mol. The minimum absolute atomic E-state index is 0.0997. The summed E-state index contributed by atoms with van der Waals surface area (Å²) in [6, 6.07) is 7.67. The van der Waals surface area contributed by atoms with Gasteiger partial charge in [0.25, 0.3) is 5.91 Å². The van der Waals surface area contributed by atoms with Crippen molar-refractivity contribution in [3.8, 4) is 0 Å². The second-order valence-corrected chi connectivity index (χ2v) is 7.19. The molecule has 0 radical (unpaired) electrons. The summed E-state index contributed by atoms with van der Waals surface area (Å²) in [5.74, 6) is 0.638. The maximum atomic E-state index is 13.2. The Bertz CT molecular complexity index is 796. The second-order valence-electron chi connectivity index (χ2n) is 6.16. The highest BCUT2D eigenvalue weighted by Crippen LogP contribution is 2.26. The number of H-pyrrole nitrogens is 1. The second kappa shape index (κ2) is 7.29. The van der Waals surface area contributed by atoms with Crippen molar-refractivity contribution in [1.82, 2.24) is 9.88 Å². The zero-order chi connectivity index (χ0) is 18.0. The van der Waals surface area contributed by atoms with E-state index in [-0.39, 0.29) is 5.91 Å². The number of hydrogen-bond donors (Lipinski definition) is 2. The molecule has 0 fully saturated rings. The van der Waals surface area contributed by atoms with E-state index in [1.54, 1.807) is 29.4 Å². The number of carbonyl (C=O) groups excluding carboxylic acids is 1. The molecule has 1 amide bonds. The van der Waals surface area contributed by atoms with Gasteiger partial charge in [0.05, 0.1) is 25.5 Å². The van der Waals surface area contributed by atoms with Crippen molar-refractivity contribution in [1.29, 1.82) is 0 Å². The molecule has 1 atom stereocenters. The number of nitrogens with zero attached hydrogens (tertiary/aromatic N) is 1. The number of aliphatic hydroxyl groups is 1. The molecule has 0 saturated heterocycles. The number of thiophene rings is 1. The van der Waals surface area contributed by atoms with Crippen molar-refractivity contribution in [2.45, 2.75) is 40.0 Å². The van der Waals surface area contributed by atoms with Crippen molar-refractivity contribution >= 4 is 17.2 Å². The summed E-state index contributed by atoms with van der Waals surface area (Å²) in [5.41, 5.74) is 2.94. The summed E-state index contributed by atoms with van der Waals surface area (Å²) in [7, 11) is 0. The number of aromatic nitrogens is 1. The molecule has 132 valence electrons. The molecule has 0 spiro atoms. The standard InChI is InChI=1S/C19H22N2O3S/c1-12-17(14(3)22)13(2)20-18(12)19(23)21(10-15-6-4-8-24-15)11-16-7-5-9-25-16/h4-9,14,20,22H,10-11H2,1-3H3/t14-/m0/s1. The molecule has 0 saturated carbocycles. The van der Waals surface area contributed by atoms with Crippen LogP contribution >= 0.6 is 11.3 Å². The first-order valence-electron chi connectivity index (χ1n) is 8.18. The maximum Gasteiger partial charge on any atom is 0.271 e. The quantitative estimate of drug-likeness (QED) is 0.694. The lowest BCUT2D eigenvalue weighted by Crippen LogP contribution is -2.30. The van der Waals surface area contributed by atoms with Gasteiger partial charge < -0.3 is 19.4 Å². The molecular weight excluding hydrogens is 336 g/mol. The number of aliphatic hydroxyl groups excluding tert-OH is 1. The van der Waals surface area contributed by atoms with Crippen LogP contribution < -0.4 is 0 Å². The molecule has 3 heterocycles. The van der Waals surface area contributed by atoms with Crippen LogP contribution in [0.15, 0.2) is 40.3 Å². The normalized spacial score (nSPS) is 12.3. The molecule has 0 bridgehead atoms. The van der Waals surface area contributed by atoms with Gasteiger partial charge in [0.1, 0.15) is 11.5 Å². The number of aromatic amines is 1. The average molecular weight is 358 g/mol. The van der Waals surface area contributed by atoms with Gasteiger partial charge in [0.2, 0.25) is 0 Å². The number of carbonyl (C=O) groups is 1. The zero-order valence-electron chi connectivity index (χ0n) is 14.6. The smallest absolute Gasteiger partial charge is 0.271 e. The van der Waals surface area contributed by atoms with Gasteiger partial charge in [-0.25, -0.2) is 0 Å². The first kappa shape index (κ1) is 17.5. The first-order chi connectivity index (χ1) is 12.0. The van der Waals surface area contributed by atoms with E-state index in [1.165, 1.54) is 0 Å². The van der Waals surface area contributed by atoms with Crippen molar-refractivity contribution in [2.24, 2.45) is 0 Å². The van der Waals surface area contributed by atoms with Crippen LogP contribution in [0.2, 0.25) is 0 Å². The van der Waals surface area contributed by atoms with Crippen molar-refractivity contribution < 1.29 is 14.3 Å². The van der Waals surface area contributed by atoms with Gasteiger partial charge in [-0.1, -0.05) is 6.07 Å². The molecule has 3 aromatic rings. The molecular formula is C19H22N2O3S. The Morgan fingerprint density at radius 1 is 1.32 bits per heavy atom.